The van der Waals surface area contributed by atoms with Gasteiger partial charge < -0.3 is 10.1 Å². The van der Waals surface area contributed by atoms with Gasteiger partial charge in [-0.3, -0.25) is 9.78 Å². The molecular formula is C9H12N2O2S. The zero-order valence-electron chi connectivity index (χ0n) is 7.90. The number of anilines is 1. The van der Waals surface area contributed by atoms with E-state index < -0.39 is 0 Å². The van der Waals surface area contributed by atoms with E-state index in [0.29, 0.717) is 0 Å². The molecule has 0 spiro atoms. The minimum absolute atomic E-state index is 0.0569. The van der Waals surface area contributed by atoms with Gasteiger partial charge in [0.05, 0.1) is 17.8 Å². The summed E-state index contributed by atoms with van der Waals surface area (Å²) in [5.41, 5.74) is 1.69. The third-order valence-electron chi connectivity index (χ3n) is 2.20. The molecule has 0 aliphatic carbocycles. The van der Waals surface area contributed by atoms with Crippen molar-refractivity contribution in [2.45, 2.75) is 32.0 Å². The summed E-state index contributed by atoms with van der Waals surface area (Å²) >= 11 is 1.41. The average molecular weight is 212 g/mol. The van der Waals surface area contributed by atoms with Crippen LogP contribution in [0.5, 0.6) is 0 Å². The molecule has 1 aliphatic rings. The number of hydrogen-bond acceptors (Lipinski definition) is 4. The Balaban J connectivity index is 1.90. The lowest BCUT2D eigenvalue weighted by molar-refractivity contribution is -0.126. The number of carbonyl (C=O) groups excluding carboxylic acids is 1. The van der Waals surface area contributed by atoms with E-state index in [2.05, 4.69) is 10.3 Å². The topological polar surface area (TPSA) is 51.2 Å². The molecule has 2 atom stereocenters. The van der Waals surface area contributed by atoms with E-state index in [1.807, 2.05) is 6.92 Å². The van der Waals surface area contributed by atoms with Crippen molar-refractivity contribution in [3.8, 4) is 0 Å². The molecule has 0 bridgehead atoms. The van der Waals surface area contributed by atoms with Crippen molar-refractivity contribution in [3.05, 3.63) is 11.7 Å². The van der Waals surface area contributed by atoms with Crippen LogP contribution in [0.15, 0.2) is 11.7 Å². The van der Waals surface area contributed by atoms with Crippen molar-refractivity contribution in [3.63, 3.8) is 0 Å². The predicted molar refractivity (Wildman–Crippen MR) is 54.3 cm³/mol. The summed E-state index contributed by atoms with van der Waals surface area (Å²) in [7, 11) is 0. The second kappa shape index (κ2) is 4.06. The van der Waals surface area contributed by atoms with Crippen LogP contribution in [0.1, 0.15) is 19.8 Å². The van der Waals surface area contributed by atoms with Crippen molar-refractivity contribution in [1.82, 2.24) is 4.98 Å². The molecule has 4 nitrogen and oxygen atoms in total. The van der Waals surface area contributed by atoms with Gasteiger partial charge in [-0.1, -0.05) is 0 Å². The molecule has 0 radical (unpaired) electrons. The zero-order valence-corrected chi connectivity index (χ0v) is 8.71. The molecule has 1 fully saturated rings. The predicted octanol–water partition coefficient (Wildman–Crippen LogP) is 1.65. The Morgan fingerprint density at radius 2 is 2.57 bits per heavy atom. The van der Waals surface area contributed by atoms with Crippen LogP contribution in [0, 0.1) is 0 Å². The van der Waals surface area contributed by atoms with Crippen LogP contribution in [-0.2, 0) is 9.53 Å². The van der Waals surface area contributed by atoms with Crippen LogP contribution >= 0.6 is 11.3 Å². The number of rotatable bonds is 2. The lowest BCUT2D eigenvalue weighted by Gasteiger charge is -2.09. The van der Waals surface area contributed by atoms with E-state index in [9.17, 15) is 4.79 Å². The lowest BCUT2D eigenvalue weighted by atomic mass is 10.2. The molecule has 1 aliphatic heterocycles. The fourth-order valence-electron chi connectivity index (χ4n) is 1.47. The molecule has 1 N–H and O–H groups in total. The van der Waals surface area contributed by atoms with E-state index in [1.54, 1.807) is 11.7 Å². The van der Waals surface area contributed by atoms with Crippen molar-refractivity contribution in [2.75, 3.05) is 5.32 Å². The molecule has 1 aromatic rings. The van der Waals surface area contributed by atoms with Crippen molar-refractivity contribution in [1.29, 1.82) is 0 Å². The zero-order chi connectivity index (χ0) is 9.97. The summed E-state index contributed by atoms with van der Waals surface area (Å²) < 4.78 is 5.44. The smallest absolute Gasteiger partial charge is 0.254 e. The summed E-state index contributed by atoms with van der Waals surface area (Å²) in [5, 5.41) is 3.55. The standard InChI is InChI=1S/C9H12N2O2S/c1-6-2-3-7(13-6)9(12)11-8-4-10-5-14-8/h4-7H,2-3H2,1H3,(H,11,12). The lowest BCUT2D eigenvalue weighted by Crippen LogP contribution is -2.27. The molecule has 76 valence electrons. The van der Waals surface area contributed by atoms with Gasteiger partial charge in [-0.15, -0.1) is 11.3 Å². The Labute approximate surface area is 86.3 Å². The monoisotopic (exact) mass is 212 g/mol. The van der Waals surface area contributed by atoms with Gasteiger partial charge in [0, 0.05) is 0 Å². The first-order valence-corrected chi connectivity index (χ1v) is 5.48. The SMILES string of the molecule is CC1CCC(C(=O)Nc2cncs2)O1. The number of nitrogens with zero attached hydrogens (tertiary/aromatic N) is 1. The average Bonchev–Trinajstić information content (AvgIpc) is 2.75. The number of thiazole rings is 1. The minimum Gasteiger partial charge on any atom is -0.365 e. The largest absolute Gasteiger partial charge is 0.365 e. The van der Waals surface area contributed by atoms with Gasteiger partial charge in [0.25, 0.3) is 5.91 Å². The van der Waals surface area contributed by atoms with Crippen LogP contribution < -0.4 is 5.32 Å². The summed E-state index contributed by atoms with van der Waals surface area (Å²) in [6.45, 7) is 1.99. The van der Waals surface area contributed by atoms with Crippen molar-refractivity contribution in [2.24, 2.45) is 0 Å². The molecule has 0 aromatic carbocycles. The molecule has 2 unspecified atom stereocenters. The summed E-state index contributed by atoms with van der Waals surface area (Å²) in [6.07, 6.45) is 3.33. The molecule has 1 saturated heterocycles. The Morgan fingerprint density at radius 1 is 1.71 bits per heavy atom. The fraction of sp³-hybridized carbons (Fsp3) is 0.556. The molecule has 2 rings (SSSR count). The van der Waals surface area contributed by atoms with Gasteiger partial charge in [0.2, 0.25) is 0 Å². The first-order valence-electron chi connectivity index (χ1n) is 4.60. The van der Waals surface area contributed by atoms with Crippen molar-refractivity contribution >= 4 is 22.2 Å². The third kappa shape index (κ3) is 2.10. The number of amides is 1. The van der Waals surface area contributed by atoms with Gasteiger partial charge >= 0.3 is 0 Å². The number of ether oxygens (including phenoxy) is 1. The normalized spacial score (nSPS) is 26.4. The van der Waals surface area contributed by atoms with Crippen molar-refractivity contribution < 1.29 is 9.53 Å². The maximum Gasteiger partial charge on any atom is 0.254 e. The second-order valence-electron chi connectivity index (χ2n) is 3.37. The van der Waals surface area contributed by atoms with E-state index in [1.165, 1.54) is 11.3 Å². The second-order valence-corrected chi connectivity index (χ2v) is 4.25. The van der Waals surface area contributed by atoms with Crippen LogP contribution in [0.25, 0.3) is 0 Å². The van der Waals surface area contributed by atoms with Crippen LogP contribution in [0.2, 0.25) is 0 Å². The maximum absolute atomic E-state index is 11.6. The van der Waals surface area contributed by atoms with Crippen LogP contribution in [-0.4, -0.2) is 23.1 Å². The Bertz CT molecular complexity index is 313. The van der Waals surface area contributed by atoms with E-state index in [-0.39, 0.29) is 18.1 Å². The van der Waals surface area contributed by atoms with Crippen LogP contribution in [0.3, 0.4) is 0 Å². The molecule has 2 heterocycles. The quantitative estimate of drug-likeness (QED) is 0.811. The van der Waals surface area contributed by atoms with Gasteiger partial charge in [-0.05, 0) is 19.8 Å². The molecular weight excluding hydrogens is 200 g/mol. The highest BCUT2D eigenvalue weighted by Gasteiger charge is 2.28. The molecule has 1 amide bonds. The number of aromatic nitrogens is 1. The highest BCUT2D eigenvalue weighted by Crippen LogP contribution is 2.21. The molecule has 0 saturated carbocycles. The number of carbonyl (C=O) groups is 1. The highest BCUT2D eigenvalue weighted by molar-refractivity contribution is 7.13. The number of nitrogens with one attached hydrogen (secondary N) is 1. The molecule has 1 aromatic heterocycles. The van der Waals surface area contributed by atoms with Gasteiger partial charge in [-0.2, -0.15) is 0 Å². The fourth-order valence-corrected chi connectivity index (χ4v) is 1.99. The highest BCUT2D eigenvalue weighted by atomic mass is 32.1. The summed E-state index contributed by atoms with van der Waals surface area (Å²) in [5.74, 6) is -0.0569. The van der Waals surface area contributed by atoms with E-state index >= 15 is 0 Å². The first-order chi connectivity index (χ1) is 6.75. The van der Waals surface area contributed by atoms with Gasteiger partial charge in [-0.25, -0.2) is 0 Å². The first kappa shape index (κ1) is 9.61. The minimum atomic E-state index is -0.285. The Hall–Kier alpha value is -0.940. The van der Waals surface area contributed by atoms with Gasteiger partial charge in [0.1, 0.15) is 11.1 Å². The Morgan fingerprint density at radius 3 is 3.14 bits per heavy atom. The van der Waals surface area contributed by atoms with Crippen LogP contribution in [0.4, 0.5) is 5.00 Å². The maximum atomic E-state index is 11.6. The Kier molecular flexibility index (Phi) is 2.79. The summed E-state index contributed by atoms with van der Waals surface area (Å²) in [4.78, 5) is 15.5. The molecule has 14 heavy (non-hydrogen) atoms. The summed E-state index contributed by atoms with van der Waals surface area (Å²) in [6, 6.07) is 0. The molecule has 5 heteroatoms. The number of hydrogen-bond donors (Lipinski definition) is 1. The van der Waals surface area contributed by atoms with E-state index in [4.69, 9.17) is 4.74 Å². The van der Waals surface area contributed by atoms with Gasteiger partial charge in [0.15, 0.2) is 0 Å². The third-order valence-corrected chi connectivity index (χ3v) is 2.89. The van der Waals surface area contributed by atoms with E-state index in [0.717, 1.165) is 17.8 Å².